The Morgan fingerprint density at radius 1 is 0.978 bits per heavy atom. The minimum absolute atomic E-state index is 0.0155. The number of nitrogens with zero attached hydrogens (tertiary/aromatic N) is 2. The average molecular weight is 622 g/mol. The molecule has 1 aliphatic rings. The Bertz CT molecular complexity index is 1580. The number of ether oxygens (including phenoxy) is 2. The van der Waals surface area contributed by atoms with Crippen LogP contribution in [0.5, 0.6) is 17.2 Å². The van der Waals surface area contributed by atoms with Crippen LogP contribution in [0.3, 0.4) is 0 Å². The van der Waals surface area contributed by atoms with Crippen molar-refractivity contribution in [2.45, 2.75) is 45.4 Å². The van der Waals surface area contributed by atoms with E-state index >= 15 is 0 Å². The van der Waals surface area contributed by atoms with Gasteiger partial charge in [-0.25, -0.2) is 0 Å². The van der Waals surface area contributed by atoms with E-state index in [-0.39, 0.29) is 49.3 Å². The molecular weight excluding hydrogens is 578 g/mol. The van der Waals surface area contributed by atoms with E-state index in [1.165, 1.54) is 0 Å². The highest BCUT2D eigenvalue weighted by Gasteiger charge is 2.31. The second-order valence-corrected chi connectivity index (χ2v) is 12.2. The Kier molecular flexibility index (Phi) is 11.1. The summed E-state index contributed by atoms with van der Waals surface area (Å²) >= 11 is 0. The number of carbonyl (C=O) groups excluding carboxylic acids is 2. The fourth-order valence-corrected chi connectivity index (χ4v) is 5.68. The Morgan fingerprint density at radius 3 is 2.35 bits per heavy atom. The molecule has 4 aromatic carbocycles. The van der Waals surface area contributed by atoms with Gasteiger partial charge in [0.05, 0.1) is 25.5 Å². The van der Waals surface area contributed by atoms with Gasteiger partial charge in [0, 0.05) is 36.8 Å². The van der Waals surface area contributed by atoms with E-state index in [1.54, 1.807) is 4.90 Å². The fourth-order valence-electron chi connectivity index (χ4n) is 5.68. The van der Waals surface area contributed by atoms with E-state index in [4.69, 9.17) is 9.47 Å². The second-order valence-electron chi connectivity index (χ2n) is 12.2. The van der Waals surface area contributed by atoms with Gasteiger partial charge < -0.3 is 24.8 Å². The monoisotopic (exact) mass is 621 g/mol. The fraction of sp³-hybridized carbons (Fsp3) is 0.316. The highest BCUT2D eigenvalue weighted by atomic mass is 16.5. The van der Waals surface area contributed by atoms with E-state index in [0.29, 0.717) is 36.6 Å². The minimum Gasteiger partial charge on any atom is -0.488 e. The molecule has 8 nitrogen and oxygen atoms in total. The third-order valence-electron chi connectivity index (χ3n) is 8.25. The first-order chi connectivity index (χ1) is 22.3. The van der Waals surface area contributed by atoms with Gasteiger partial charge in [0.1, 0.15) is 23.4 Å². The molecule has 0 saturated carbocycles. The van der Waals surface area contributed by atoms with Crippen LogP contribution in [0.15, 0.2) is 103 Å². The van der Waals surface area contributed by atoms with Crippen LogP contribution >= 0.6 is 0 Å². The molecular formula is C38H43N3O5. The number of benzene rings is 4. The van der Waals surface area contributed by atoms with Crippen molar-refractivity contribution in [2.24, 2.45) is 5.92 Å². The van der Waals surface area contributed by atoms with Crippen molar-refractivity contribution in [3.63, 3.8) is 0 Å². The van der Waals surface area contributed by atoms with Crippen molar-refractivity contribution in [3.8, 4) is 17.2 Å². The van der Waals surface area contributed by atoms with Gasteiger partial charge in [-0.3, -0.25) is 14.5 Å². The van der Waals surface area contributed by atoms with Crippen LogP contribution in [-0.4, -0.2) is 65.6 Å². The molecule has 1 heterocycles. The van der Waals surface area contributed by atoms with E-state index in [0.717, 1.165) is 22.6 Å². The first kappa shape index (κ1) is 32.7. The van der Waals surface area contributed by atoms with Gasteiger partial charge in [-0.2, -0.15) is 0 Å². The van der Waals surface area contributed by atoms with Gasteiger partial charge >= 0.3 is 0 Å². The summed E-state index contributed by atoms with van der Waals surface area (Å²) in [6.07, 6.45) is 0.126. The molecule has 0 fully saturated rings. The zero-order chi connectivity index (χ0) is 32.5. The van der Waals surface area contributed by atoms with Crippen LogP contribution in [0, 0.1) is 5.92 Å². The number of likely N-dealkylation sites (N-methyl/N-ethyl adjacent to an activating group) is 1. The zero-order valence-electron chi connectivity index (χ0n) is 26.8. The van der Waals surface area contributed by atoms with E-state index in [9.17, 15) is 14.7 Å². The predicted octanol–water partition coefficient (Wildman–Crippen LogP) is 5.94. The van der Waals surface area contributed by atoms with E-state index in [1.807, 2.05) is 97.9 Å². The molecule has 4 aromatic rings. The third kappa shape index (κ3) is 8.96. The van der Waals surface area contributed by atoms with Crippen molar-refractivity contribution in [2.75, 3.05) is 32.1 Å². The largest absolute Gasteiger partial charge is 0.488 e. The molecule has 0 bridgehead atoms. The van der Waals surface area contributed by atoms with Gasteiger partial charge in [0.15, 0.2) is 0 Å². The Hall–Kier alpha value is -4.66. The first-order valence-electron chi connectivity index (χ1n) is 15.8. The maximum atomic E-state index is 13.6. The molecule has 0 spiro atoms. The van der Waals surface area contributed by atoms with Crippen LogP contribution in [0.1, 0.15) is 30.5 Å². The number of rotatable bonds is 11. The number of hydrogen-bond acceptors (Lipinski definition) is 6. The summed E-state index contributed by atoms with van der Waals surface area (Å²) in [4.78, 5) is 30.3. The molecule has 0 radical (unpaired) electrons. The Balaban J connectivity index is 1.30. The smallest absolute Gasteiger partial charge is 0.228 e. The minimum atomic E-state index is -0.333. The summed E-state index contributed by atoms with van der Waals surface area (Å²) in [6, 6.07) is 32.5. The Morgan fingerprint density at radius 2 is 1.65 bits per heavy atom. The lowest BCUT2D eigenvalue weighted by atomic mass is 10.0. The van der Waals surface area contributed by atoms with Crippen molar-refractivity contribution in [1.82, 2.24) is 9.80 Å². The highest BCUT2D eigenvalue weighted by Crippen LogP contribution is 2.30. The van der Waals surface area contributed by atoms with Gasteiger partial charge in [0.2, 0.25) is 11.8 Å². The average Bonchev–Trinajstić information content (AvgIpc) is 3.09. The van der Waals surface area contributed by atoms with Gasteiger partial charge in [0.25, 0.3) is 0 Å². The normalized spacial score (nSPS) is 17.2. The second kappa shape index (κ2) is 15.6. The molecule has 0 unspecified atom stereocenters. The summed E-state index contributed by atoms with van der Waals surface area (Å²) in [5.41, 5.74) is 3.37. The number of aliphatic hydroxyl groups is 1. The topological polar surface area (TPSA) is 91.3 Å². The number of anilines is 1. The maximum Gasteiger partial charge on any atom is 0.228 e. The number of para-hydroxylation sites is 1. The quantitative estimate of drug-likeness (QED) is 0.215. The summed E-state index contributed by atoms with van der Waals surface area (Å²) in [5.74, 6) is 1.96. The lowest BCUT2D eigenvalue weighted by Gasteiger charge is -2.34. The zero-order valence-corrected chi connectivity index (χ0v) is 26.8. The van der Waals surface area contributed by atoms with Crippen LogP contribution < -0.4 is 14.8 Å². The summed E-state index contributed by atoms with van der Waals surface area (Å²) in [7, 11) is 2.06. The summed E-state index contributed by atoms with van der Waals surface area (Å²) < 4.78 is 12.6. The van der Waals surface area contributed by atoms with E-state index < -0.39 is 0 Å². The van der Waals surface area contributed by atoms with Crippen LogP contribution in [0.25, 0.3) is 0 Å². The number of nitrogens with one attached hydrogen (secondary N) is 1. The number of aliphatic hydroxyl groups excluding tert-OH is 1. The molecule has 0 aromatic heterocycles. The van der Waals surface area contributed by atoms with Crippen LogP contribution in [0.4, 0.5) is 5.69 Å². The molecule has 0 saturated heterocycles. The molecule has 46 heavy (non-hydrogen) atoms. The molecule has 0 aliphatic carbocycles. The van der Waals surface area contributed by atoms with E-state index in [2.05, 4.69) is 36.3 Å². The van der Waals surface area contributed by atoms with Crippen molar-refractivity contribution in [3.05, 3.63) is 120 Å². The third-order valence-corrected chi connectivity index (χ3v) is 8.25. The molecule has 8 heteroatoms. The summed E-state index contributed by atoms with van der Waals surface area (Å²) in [6.45, 7) is 5.59. The maximum absolute atomic E-state index is 13.6. The number of carbonyl (C=O) groups is 2. The molecule has 5 rings (SSSR count). The van der Waals surface area contributed by atoms with Gasteiger partial charge in [-0.15, -0.1) is 0 Å². The lowest BCUT2D eigenvalue weighted by Crippen LogP contribution is -2.47. The Labute approximate surface area is 271 Å². The predicted molar refractivity (Wildman–Crippen MR) is 180 cm³/mol. The molecule has 2 amide bonds. The molecule has 1 aliphatic heterocycles. The first-order valence-corrected chi connectivity index (χ1v) is 15.8. The molecule has 240 valence electrons. The number of fused-ring (bicyclic) bond motifs is 1. The summed E-state index contributed by atoms with van der Waals surface area (Å²) in [5, 5.41) is 12.9. The molecule has 3 atom stereocenters. The van der Waals surface area contributed by atoms with Gasteiger partial charge in [-0.05, 0) is 67.6 Å². The molecule has 2 N–H and O–H groups in total. The standard InChI is InChI=1S/C38H43N3O5/c1-27-23-41(28(2)26-42)38(44)22-31-21-32(39-37(43)20-29-10-6-4-7-11-29)16-19-35(31)46-36(27)25-40(3)24-30-14-17-34(18-15-30)45-33-12-8-5-9-13-33/h4-19,21,27-28,36,42H,20,22-26H2,1-3H3,(H,39,43)/t27-,28-,36-/m0/s1. The van der Waals surface area contributed by atoms with Crippen molar-refractivity contribution < 1.29 is 24.2 Å². The van der Waals surface area contributed by atoms with Crippen LogP contribution in [-0.2, 0) is 29.0 Å². The van der Waals surface area contributed by atoms with Crippen LogP contribution in [0.2, 0.25) is 0 Å². The lowest BCUT2D eigenvalue weighted by molar-refractivity contribution is -0.134. The SMILES string of the molecule is C[C@H]1CN([C@@H](C)CO)C(=O)Cc2cc(NC(=O)Cc3ccccc3)ccc2O[C@H]1CN(C)Cc1ccc(Oc2ccccc2)cc1. The van der Waals surface area contributed by atoms with Crippen molar-refractivity contribution >= 4 is 17.5 Å². The number of amides is 2. The van der Waals surface area contributed by atoms with Gasteiger partial charge in [-0.1, -0.05) is 67.6 Å². The van der Waals surface area contributed by atoms with Crippen molar-refractivity contribution in [1.29, 1.82) is 0 Å². The highest BCUT2D eigenvalue weighted by molar-refractivity contribution is 5.92. The number of hydrogen-bond donors (Lipinski definition) is 2.